The molecule has 0 saturated carbocycles. The Labute approximate surface area is 264 Å². The topological polar surface area (TPSA) is 71.4 Å². The zero-order chi connectivity index (χ0) is 29.9. The number of benzene rings is 3. The van der Waals surface area contributed by atoms with Crippen LogP contribution in [0.4, 0.5) is 11.4 Å². The van der Waals surface area contributed by atoms with Crippen molar-refractivity contribution in [3.63, 3.8) is 0 Å². The van der Waals surface area contributed by atoms with Crippen LogP contribution in [-0.2, 0) is 4.79 Å². The van der Waals surface area contributed by atoms with Gasteiger partial charge in [0.15, 0.2) is 11.7 Å². The molecule has 9 heteroatoms. The molecule has 3 heterocycles. The summed E-state index contributed by atoms with van der Waals surface area (Å²) in [6, 6.07) is 33.1. The molecule has 1 aliphatic heterocycles. The highest BCUT2D eigenvalue weighted by Crippen LogP contribution is 2.44. The molecule has 43 heavy (non-hydrogen) atoms. The van der Waals surface area contributed by atoms with E-state index in [1.807, 2.05) is 91.1 Å². The molecule has 216 valence electrons. The molecule has 7 nitrogen and oxygen atoms in total. The van der Waals surface area contributed by atoms with Gasteiger partial charge in [0.2, 0.25) is 0 Å². The summed E-state index contributed by atoms with van der Waals surface area (Å²) in [5, 5.41) is 7.07. The number of ether oxygens (including phenoxy) is 1. The smallest absolute Gasteiger partial charge is 0.262 e. The van der Waals surface area contributed by atoms with Gasteiger partial charge in [0.25, 0.3) is 5.91 Å². The summed E-state index contributed by atoms with van der Waals surface area (Å²) in [4.78, 5) is 19.4. The second-order valence-corrected chi connectivity index (χ2v) is 11.5. The van der Waals surface area contributed by atoms with Crippen LogP contribution in [0.5, 0.6) is 5.75 Å². The fourth-order valence-corrected chi connectivity index (χ4v) is 6.42. The summed E-state index contributed by atoms with van der Waals surface area (Å²) >= 11 is 9.68. The van der Waals surface area contributed by atoms with Crippen molar-refractivity contribution in [3.05, 3.63) is 136 Å². The van der Waals surface area contributed by atoms with E-state index < -0.39 is 0 Å². The number of nitrogens with one attached hydrogen (secondary N) is 2. The van der Waals surface area contributed by atoms with Crippen molar-refractivity contribution in [2.45, 2.75) is 25.9 Å². The van der Waals surface area contributed by atoms with Crippen LogP contribution in [0.1, 0.15) is 34.7 Å². The Hall–Kier alpha value is -4.47. The van der Waals surface area contributed by atoms with Crippen LogP contribution in [0.2, 0.25) is 0 Å². The maximum Gasteiger partial charge on any atom is 0.262 e. The number of para-hydroxylation sites is 2. The third-order valence-electron chi connectivity index (χ3n) is 7.52. The Morgan fingerprint density at radius 1 is 0.977 bits per heavy atom. The zero-order valence-corrected chi connectivity index (χ0v) is 26.1. The lowest BCUT2D eigenvalue weighted by molar-refractivity contribution is -0.118. The molecule has 1 aliphatic rings. The van der Waals surface area contributed by atoms with Crippen molar-refractivity contribution in [3.8, 4) is 11.4 Å². The van der Waals surface area contributed by atoms with Gasteiger partial charge in [-0.15, -0.1) is 0 Å². The molecule has 1 amide bonds. The van der Waals surface area contributed by atoms with Gasteiger partial charge < -0.3 is 24.8 Å². The number of aromatic nitrogens is 2. The van der Waals surface area contributed by atoms with Crippen molar-refractivity contribution < 1.29 is 9.53 Å². The normalized spacial score (nSPS) is 16.2. The van der Waals surface area contributed by atoms with Gasteiger partial charge in [-0.25, -0.2) is 0 Å². The van der Waals surface area contributed by atoms with Gasteiger partial charge in [-0.05, 0) is 114 Å². The van der Waals surface area contributed by atoms with Crippen LogP contribution in [0, 0.1) is 13.8 Å². The van der Waals surface area contributed by atoms with Crippen molar-refractivity contribution in [1.82, 2.24) is 14.9 Å². The maximum atomic E-state index is 12.5. The minimum Gasteiger partial charge on any atom is -0.484 e. The molecule has 2 atom stereocenters. The lowest BCUT2D eigenvalue weighted by Crippen LogP contribution is -2.29. The summed E-state index contributed by atoms with van der Waals surface area (Å²) in [6.45, 7) is 4.19. The predicted molar refractivity (Wildman–Crippen MR) is 178 cm³/mol. The largest absolute Gasteiger partial charge is 0.484 e. The van der Waals surface area contributed by atoms with Crippen LogP contribution in [0.3, 0.4) is 0 Å². The van der Waals surface area contributed by atoms with Gasteiger partial charge in [0.1, 0.15) is 5.75 Å². The van der Waals surface area contributed by atoms with E-state index in [9.17, 15) is 4.79 Å². The van der Waals surface area contributed by atoms with Crippen LogP contribution in [-0.4, -0.2) is 27.2 Å². The molecule has 2 aromatic heterocycles. The Balaban J connectivity index is 1.31. The molecular formula is C34H30BrN5O2S. The van der Waals surface area contributed by atoms with E-state index in [4.69, 9.17) is 21.9 Å². The highest BCUT2D eigenvalue weighted by atomic mass is 79.9. The number of nitrogens with zero attached hydrogens (tertiary/aromatic N) is 3. The van der Waals surface area contributed by atoms with E-state index in [2.05, 4.69) is 68.1 Å². The molecule has 2 N–H and O–H groups in total. The van der Waals surface area contributed by atoms with E-state index in [1.165, 1.54) is 0 Å². The van der Waals surface area contributed by atoms with E-state index in [0.29, 0.717) is 16.5 Å². The van der Waals surface area contributed by atoms with Gasteiger partial charge in [0.05, 0.1) is 23.5 Å². The number of rotatable bonds is 8. The molecule has 1 saturated heterocycles. The molecule has 5 aromatic rings. The van der Waals surface area contributed by atoms with E-state index in [-0.39, 0.29) is 24.6 Å². The first-order valence-electron chi connectivity index (χ1n) is 13.9. The van der Waals surface area contributed by atoms with Gasteiger partial charge in [-0.2, -0.15) is 0 Å². The first-order valence-corrected chi connectivity index (χ1v) is 15.1. The van der Waals surface area contributed by atoms with Crippen molar-refractivity contribution >= 4 is 50.5 Å². The third kappa shape index (κ3) is 5.91. The Morgan fingerprint density at radius 3 is 2.42 bits per heavy atom. The summed E-state index contributed by atoms with van der Waals surface area (Å²) in [6.07, 6.45) is 1.81. The first-order chi connectivity index (χ1) is 20.9. The van der Waals surface area contributed by atoms with Crippen molar-refractivity contribution in [2.75, 3.05) is 16.8 Å². The van der Waals surface area contributed by atoms with Crippen LogP contribution in [0.25, 0.3) is 5.69 Å². The molecule has 0 aliphatic carbocycles. The lowest BCUT2D eigenvalue weighted by atomic mass is 9.96. The Morgan fingerprint density at radius 2 is 1.70 bits per heavy atom. The lowest BCUT2D eigenvalue weighted by Gasteiger charge is -2.28. The third-order valence-corrected chi connectivity index (χ3v) is 8.51. The molecule has 1 fully saturated rings. The minimum atomic E-state index is -0.234. The second kappa shape index (κ2) is 12.4. The number of thiocarbonyl (C=S) groups is 1. The number of halogens is 1. The number of amides is 1. The van der Waals surface area contributed by atoms with Gasteiger partial charge in [-0.1, -0.05) is 36.4 Å². The molecule has 0 bridgehead atoms. The number of hydrogen-bond donors (Lipinski definition) is 2. The number of carbonyl (C=O) groups excluding carboxylic acids is 1. The van der Waals surface area contributed by atoms with E-state index in [0.717, 1.165) is 38.5 Å². The van der Waals surface area contributed by atoms with Gasteiger partial charge in [-0.3, -0.25) is 9.78 Å². The fraction of sp³-hybridized carbons (Fsp3) is 0.147. The summed E-state index contributed by atoms with van der Waals surface area (Å²) in [7, 11) is 0. The van der Waals surface area contributed by atoms with Crippen molar-refractivity contribution in [2.24, 2.45) is 0 Å². The number of hydrogen-bond acceptors (Lipinski definition) is 4. The monoisotopic (exact) mass is 651 g/mol. The predicted octanol–water partition coefficient (Wildman–Crippen LogP) is 7.45. The standard InChI is InChI=1S/C34H30BrN5O2S/c1-22-20-27(23(2)39(22)30-14-7-6-12-28(30)35)33-32(29-13-8-9-19-36-29)38-34(43)40(33)25-17-15-24(16-18-25)37-31(41)21-42-26-10-4-3-5-11-26/h3-20,32-33H,21H2,1-2H3,(H,37,41)(H,38,43). The summed E-state index contributed by atoms with van der Waals surface area (Å²) in [5.74, 6) is 0.415. The van der Waals surface area contributed by atoms with Crippen LogP contribution in [0.15, 0.2) is 114 Å². The first kappa shape index (κ1) is 28.6. The van der Waals surface area contributed by atoms with Gasteiger partial charge >= 0.3 is 0 Å². The molecule has 0 spiro atoms. The van der Waals surface area contributed by atoms with E-state index >= 15 is 0 Å². The molecular weight excluding hydrogens is 622 g/mol. The quantitative estimate of drug-likeness (QED) is 0.170. The maximum absolute atomic E-state index is 12.5. The summed E-state index contributed by atoms with van der Waals surface area (Å²) in [5.41, 5.74) is 6.95. The second-order valence-electron chi connectivity index (χ2n) is 10.3. The fourth-order valence-electron chi connectivity index (χ4n) is 5.61. The number of aryl methyl sites for hydroxylation is 1. The molecule has 0 radical (unpaired) electrons. The van der Waals surface area contributed by atoms with Crippen molar-refractivity contribution in [1.29, 1.82) is 0 Å². The number of anilines is 2. The number of carbonyl (C=O) groups is 1. The number of pyridine rings is 1. The van der Waals surface area contributed by atoms with Gasteiger partial charge in [0, 0.05) is 33.4 Å². The van der Waals surface area contributed by atoms with Crippen LogP contribution >= 0.6 is 28.1 Å². The molecule has 2 unspecified atom stereocenters. The van der Waals surface area contributed by atoms with E-state index in [1.54, 1.807) is 0 Å². The molecule has 3 aromatic carbocycles. The Kier molecular flexibility index (Phi) is 8.26. The highest BCUT2D eigenvalue weighted by molar-refractivity contribution is 9.10. The average molecular weight is 653 g/mol. The highest BCUT2D eigenvalue weighted by Gasteiger charge is 2.42. The average Bonchev–Trinajstić information content (AvgIpc) is 3.52. The summed E-state index contributed by atoms with van der Waals surface area (Å²) < 4.78 is 8.87. The zero-order valence-electron chi connectivity index (χ0n) is 23.7. The minimum absolute atomic E-state index is 0.0765. The SMILES string of the molecule is Cc1cc(C2C(c3ccccn3)NC(=S)N2c2ccc(NC(=O)COc3ccccc3)cc2)c(C)n1-c1ccccc1Br. The molecule has 6 rings (SSSR count). The Bertz CT molecular complexity index is 1760. The van der Waals surface area contributed by atoms with Crippen LogP contribution < -0.4 is 20.3 Å².